The van der Waals surface area contributed by atoms with E-state index < -0.39 is 0 Å². The van der Waals surface area contributed by atoms with E-state index >= 15 is 0 Å². The fraction of sp³-hybridized carbons (Fsp3) is 0.500. The molecule has 0 heterocycles. The van der Waals surface area contributed by atoms with Gasteiger partial charge in [0.1, 0.15) is 5.75 Å². The van der Waals surface area contributed by atoms with E-state index in [0.717, 1.165) is 19.6 Å². The second-order valence-electron chi connectivity index (χ2n) is 4.05. The van der Waals surface area contributed by atoms with Crippen molar-refractivity contribution in [2.75, 3.05) is 26.7 Å². The molecule has 0 radical (unpaired) electrons. The van der Waals surface area contributed by atoms with Gasteiger partial charge in [-0.3, -0.25) is 4.79 Å². The Morgan fingerprint density at radius 1 is 1.33 bits per heavy atom. The molecule has 1 aromatic rings. The molecule has 0 bridgehead atoms. The maximum Gasteiger partial charge on any atom is 0.165 e. The molecule has 1 aromatic carbocycles. The van der Waals surface area contributed by atoms with Gasteiger partial charge in [0.2, 0.25) is 0 Å². The van der Waals surface area contributed by atoms with E-state index in [9.17, 15) is 4.79 Å². The largest absolute Gasteiger partial charge is 0.497 e. The van der Waals surface area contributed by atoms with Crippen LogP contribution in [-0.4, -0.2) is 37.4 Å². The topological polar surface area (TPSA) is 29.5 Å². The van der Waals surface area contributed by atoms with Gasteiger partial charge in [0.05, 0.1) is 12.1 Å². The van der Waals surface area contributed by atoms with Crippen molar-refractivity contribution in [2.24, 2.45) is 0 Å². The average molecular weight is 270 g/mol. The zero-order valence-electron chi connectivity index (χ0n) is 11.2. The van der Waals surface area contributed by atoms with Crippen molar-refractivity contribution in [3.63, 3.8) is 0 Å². The molecule has 0 aromatic heterocycles. The Morgan fingerprint density at radius 3 is 2.56 bits per heavy atom. The first-order valence-electron chi connectivity index (χ1n) is 6.21. The molecule has 1 rings (SSSR count). The molecule has 0 saturated heterocycles. The Labute approximate surface area is 114 Å². The molecule has 4 heteroatoms. The first-order chi connectivity index (χ1) is 8.62. The highest BCUT2D eigenvalue weighted by Crippen LogP contribution is 2.23. The van der Waals surface area contributed by atoms with Gasteiger partial charge in [-0.05, 0) is 31.3 Å². The maximum atomic E-state index is 12.1. The zero-order valence-corrected chi connectivity index (χ0v) is 12.0. The number of ketones is 1. The minimum atomic E-state index is 0.0609. The molecule has 0 atom stereocenters. The highest BCUT2D eigenvalue weighted by Gasteiger charge is 2.12. The van der Waals surface area contributed by atoms with Crippen LogP contribution in [0.3, 0.4) is 0 Å². The van der Waals surface area contributed by atoms with Gasteiger partial charge in [-0.25, -0.2) is 0 Å². The number of nitrogens with zero attached hydrogens (tertiary/aromatic N) is 1. The summed E-state index contributed by atoms with van der Waals surface area (Å²) in [6, 6.07) is 5.15. The molecule has 0 aliphatic heterocycles. The Morgan fingerprint density at radius 2 is 2.00 bits per heavy atom. The predicted octanol–water partition coefficient (Wildman–Crippen LogP) is 3.26. The summed E-state index contributed by atoms with van der Waals surface area (Å²) in [5.41, 5.74) is 0.545. The molecule has 18 heavy (non-hydrogen) atoms. The lowest BCUT2D eigenvalue weighted by Gasteiger charge is -2.17. The van der Waals surface area contributed by atoms with E-state index in [-0.39, 0.29) is 5.78 Å². The minimum absolute atomic E-state index is 0.0609. The highest BCUT2D eigenvalue weighted by atomic mass is 35.5. The summed E-state index contributed by atoms with van der Waals surface area (Å²) in [6.07, 6.45) is 0.481. The molecule has 0 aliphatic rings. The van der Waals surface area contributed by atoms with Gasteiger partial charge in [-0.1, -0.05) is 25.4 Å². The van der Waals surface area contributed by atoms with Crippen molar-refractivity contribution in [2.45, 2.75) is 20.3 Å². The van der Waals surface area contributed by atoms with Gasteiger partial charge in [-0.15, -0.1) is 0 Å². The van der Waals surface area contributed by atoms with E-state index in [1.807, 2.05) is 0 Å². The molecule has 0 spiro atoms. The summed E-state index contributed by atoms with van der Waals surface area (Å²) in [7, 11) is 1.58. The predicted molar refractivity (Wildman–Crippen MR) is 74.7 cm³/mol. The van der Waals surface area contributed by atoms with E-state index in [1.54, 1.807) is 25.3 Å². The van der Waals surface area contributed by atoms with Gasteiger partial charge in [-0.2, -0.15) is 0 Å². The van der Waals surface area contributed by atoms with E-state index in [0.29, 0.717) is 22.8 Å². The van der Waals surface area contributed by atoms with Crippen molar-refractivity contribution >= 4 is 17.4 Å². The number of carbonyl (C=O) groups is 1. The van der Waals surface area contributed by atoms with Crippen molar-refractivity contribution in [1.82, 2.24) is 4.90 Å². The summed E-state index contributed by atoms with van der Waals surface area (Å²) in [5, 5.41) is 0.486. The molecule has 3 nitrogen and oxygen atoms in total. The van der Waals surface area contributed by atoms with Gasteiger partial charge in [0.25, 0.3) is 0 Å². The normalized spacial score (nSPS) is 10.7. The molecule has 0 saturated carbocycles. The first-order valence-corrected chi connectivity index (χ1v) is 6.59. The third-order valence-electron chi connectivity index (χ3n) is 3.02. The van der Waals surface area contributed by atoms with Crippen molar-refractivity contribution in [3.8, 4) is 5.75 Å². The van der Waals surface area contributed by atoms with Crippen LogP contribution in [0.5, 0.6) is 5.75 Å². The summed E-state index contributed by atoms with van der Waals surface area (Å²) in [4.78, 5) is 14.3. The number of carbonyl (C=O) groups excluding carboxylic acids is 1. The van der Waals surface area contributed by atoms with Crippen LogP contribution in [-0.2, 0) is 0 Å². The Hall–Kier alpha value is -1.06. The average Bonchev–Trinajstić information content (AvgIpc) is 2.40. The molecule has 0 N–H and O–H groups in total. The SMILES string of the molecule is CCN(CC)CCC(=O)c1cc(OC)ccc1Cl. The van der Waals surface area contributed by atoms with Crippen LogP contribution in [0.4, 0.5) is 0 Å². The molecule has 100 valence electrons. The number of methoxy groups -OCH3 is 1. The van der Waals surface area contributed by atoms with Gasteiger partial charge < -0.3 is 9.64 Å². The summed E-state index contributed by atoms with van der Waals surface area (Å²) in [5.74, 6) is 0.719. The second kappa shape index (κ2) is 7.39. The fourth-order valence-corrected chi connectivity index (χ4v) is 2.00. The van der Waals surface area contributed by atoms with Crippen LogP contribution < -0.4 is 4.74 Å². The Kier molecular flexibility index (Phi) is 6.16. The highest BCUT2D eigenvalue weighted by molar-refractivity contribution is 6.34. The third-order valence-corrected chi connectivity index (χ3v) is 3.35. The molecule has 0 unspecified atom stereocenters. The molecule has 0 aliphatic carbocycles. The fourth-order valence-electron chi connectivity index (χ4n) is 1.78. The van der Waals surface area contributed by atoms with E-state index in [1.165, 1.54) is 0 Å². The van der Waals surface area contributed by atoms with Crippen LogP contribution in [0, 0.1) is 0 Å². The summed E-state index contributed by atoms with van der Waals surface area (Å²) < 4.78 is 5.11. The molecular formula is C14H20ClNO2. The van der Waals surface area contributed by atoms with Crippen molar-refractivity contribution in [3.05, 3.63) is 28.8 Å². The Balaban J connectivity index is 2.71. The third kappa shape index (κ3) is 4.00. The number of halogens is 1. The molecular weight excluding hydrogens is 250 g/mol. The smallest absolute Gasteiger partial charge is 0.165 e. The van der Waals surface area contributed by atoms with E-state index in [2.05, 4.69) is 18.7 Å². The minimum Gasteiger partial charge on any atom is -0.497 e. The number of Topliss-reactive ketones (excluding diaryl/α,β-unsaturated/α-hetero) is 1. The summed E-state index contributed by atoms with van der Waals surface area (Å²) >= 11 is 6.04. The van der Waals surface area contributed by atoms with Crippen LogP contribution >= 0.6 is 11.6 Å². The van der Waals surface area contributed by atoms with E-state index in [4.69, 9.17) is 16.3 Å². The van der Waals surface area contributed by atoms with Crippen LogP contribution in [0.15, 0.2) is 18.2 Å². The van der Waals surface area contributed by atoms with Gasteiger partial charge >= 0.3 is 0 Å². The quantitative estimate of drug-likeness (QED) is 0.712. The number of ether oxygens (including phenoxy) is 1. The lowest BCUT2D eigenvalue weighted by molar-refractivity contribution is 0.0966. The van der Waals surface area contributed by atoms with Crippen molar-refractivity contribution < 1.29 is 9.53 Å². The lowest BCUT2D eigenvalue weighted by Crippen LogP contribution is -2.25. The maximum absolute atomic E-state index is 12.1. The monoisotopic (exact) mass is 269 g/mol. The zero-order chi connectivity index (χ0) is 13.5. The number of benzene rings is 1. The van der Waals surface area contributed by atoms with Crippen LogP contribution in [0.2, 0.25) is 5.02 Å². The van der Waals surface area contributed by atoms with Gasteiger partial charge in [0, 0.05) is 18.5 Å². The molecule has 0 fully saturated rings. The number of rotatable bonds is 7. The van der Waals surface area contributed by atoms with Crippen LogP contribution in [0.25, 0.3) is 0 Å². The van der Waals surface area contributed by atoms with Crippen LogP contribution in [0.1, 0.15) is 30.6 Å². The number of hydrogen-bond donors (Lipinski definition) is 0. The lowest BCUT2D eigenvalue weighted by atomic mass is 10.1. The number of hydrogen-bond acceptors (Lipinski definition) is 3. The van der Waals surface area contributed by atoms with Gasteiger partial charge in [0.15, 0.2) is 5.78 Å². The Bertz CT molecular complexity index is 403. The summed E-state index contributed by atoms with van der Waals surface area (Å²) in [6.45, 7) is 6.85. The second-order valence-corrected chi connectivity index (χ2v) is 4.45. The first kappa shape index (κ1) is 15.0. The van der Waals surface area contributed by atoms with Crippen molar-refractivity contribution in [1.29, 1.82) is 0 Å². The molecule has 0 amide bonds. The standard InChI is InChI=1S/C14H20ClNO2/c1-4-16(5-2)9-8-14(17)12-10-11(18-3)6-7-13(12)15/h6-7,10H,4-5,8-9H2,1-3H3.